The van der Waals surface area contributed by atoms with Crippen LogP contribution in [0.3, 0.4) is 0 Å². The lowest BCUT2D eigenvalue weighted by Crippen LogP contribution is -2.23. The molecule has 0 spiro atoms. The Balaban J connectivity index is 2.10. The summed E-state index contributed by atoms with van der Waals surface area (Å²) in [6.45, 7) is 0.378. The second kappa shape index (κ2) is 6.30. The van der Waals surface area contributed by atoms with Crippen molar-refractivity contribution in [3.8, 4) is 0 Å². The average molecular weight is 387 g/mol. The highest BCUT2D eigenvalue weighted by Crippen LogP contribution is 2.21. The molecule has 98 valence electrons. The molecule has 0 saturated heterocycles. The summed E-state index contributed by atoms with van der Waals surface area (Å²) in [4.78, 5) is 12.0. The molecular weight excluding hydrogens is 377 g/mol. The first-order valence-corrected chi connectivity index (χ1v) is 7.14. The fourth-order valence-electron chi connectivity index (χ4n) is 1.59. The van der Waals surface area contributed by atoms with E-state index in [1.54, 1.807) is 6.07 Å². The van der Waals surface area contributed by atoms with Crippen LogP contribution in [0.2, 0.25) is 0 Å². The first-order chi connectivity index (χ1) is 9.09. The number of rotatable bonds is 3. The minimum atomic E-state index is -0.450. The molecule has 0 bridgehead atoms. The molecular formula is C14H10Br2FNO. The molecule has 0 heterocycles. The van der Waals surface area contributed by atoms with Crippen molar-refractivity contribution in [1.82, 2.24) is 5.32 Å². The van der Waals surface area contributed by atoms with Gasteiger partial charge in [-0.25, -0.2) is 4.39 Å². The van der Waals surface area contributed by atoms with Gasteiger partial charge in [-0.05, 0) is 39.7 Å². The van der Waals surface area contributed by atoms with E-state index in [2.05, 4.69) is 37.2 Å². The van der Waals surface area contributed by atoms with Crippen molar-refractivity contribution in [2.24, 2.45) is 0 Å². The molecule has 19 heavy (non-hydrogen) atoms. The molecule has 0 aliphatic carbocycles. The highest BCUT2D eigenvalue weighted by molar-refractivity contribution is 9.10. The summed E-state index contributed by atoms with van der Waals surface area (Å²) >= 11 is 6.48. The van der Waals surface area contributed by atoms with Crippen molar-refractivity contribution < 1.29 is 9.18 Å². The summed E-state index contributed by atoms with van der Waals surface area (Å²) < 4.78 is 14.4. The number of nitrogens with one attached hydrogen (secondary N) is 1. The van der Waals surface area contributed by atoms with Gasteiger partial charge in [0.2, 0.25) is 0 Å². The topological polar surface area (TPSA) is 29.1 Å². The van der Waals surface area contributed by atoms with Crippen molar-refractivity contribution in [3.63, 3.8) is 0 Å². The van der Waals surface area contributed by atoms with Crippen LogP contribution >= 0.6 is 31.9 Å². The van der Waals surface area contributed by atoms with Crippen molar-refractivity contribution in [1.29, 1.82) is 0 Å². The molecule has 0 aliphatic rings. The lowest BCUT2D eigenvalue weighted by Gasteiger charge is -2.08. The van der Waals surface area contributed by atoms with Crippen LogP contribution in [0.15, 0.2) is 51.4 Å². The SMILES string of the molecule is O=C(NCc1ccccc1Br)c1cccc(F)c1Br. The quantitative estimate of drug-likeness (QED) is 0.837. The van der Waals surface area contributed by atoms with Crippen LogP contribution in [-0.4, -0.2) is 5.91 Å². The summed E-state index contributed by atoms with van der Waals surface area (Å²) in [7, 11) is 0. The van der Waals surface area contributed by atoms with Gasteiger partial charge in [0.25, 0.3) is 5.91 Å². The summed E-state index contributed by atoms with van der Waals surface area (Å²) in [6, 6.07) is 12.0. The maximum atomic E-state index is 13.3. The van der Waals surface area contributed by atoms with Gasteiger partial charge < -0.3 is 5.32 Å². The average Bonchev–Trinajstić information content (AvgIpc) is 2.40. The third-order valence-electron chi connectivity index (χ3n) is 2.59. The number of benzene rings is 2. The second-order valence-electron chi connectivity index (χ2n) is 3.88. The number of amides is 1. The second-order valence-corrected chi connectivity index (χ2v) is 5.52. The van der Waals surface area contributed by atoms with Crippen LogP contribution in [-0.2, 0) is 6.54 Å². The summed E-state index contributed by atoms with van der Waals surface area (Å²) in [5, 5.41) is 2.76. The van der Waals surface area contributed by atoms with E-state index in [1.807, 2.05) is 24.3 Å². The summed E-state index contributed by atoms with van der Waals surface area (Å²) in [5.41, 5.74) is 1.25. The summed E-state index contributed by atoms with van der Waals surface area (Å²) in [6.07, 6.45) is 0. The van der Waals surface area contributed by atoms with Crippen LogP contribution < -0.4 is 5.32 Å². The van der Waals surface area contributed by atoms with Crippen molar-refractivity contribution in [2.75, 3.05) is 0 Å². The molecule has 0 aromatic heterocycles. The largest absolute Gasteiger partial charge is 0.348 e. The Kier molecular flexibility index (Phi) is 4.71. The zero-order valence-electron chi connectivity index (χ0n) is 9.79. The van der Waals surface area contributed by atoms with E-state index in [0.717, 1.165) is 10.0 Å². The molecule has 0 saturated carbocycles. The third-order valence-corrected chi connectivity index (χ3v) is 4.17. The molecule has 0 radical (unpaired) electrons. The fraction of sp³-hybridized carbons (Fsp3) is 0.0714. The van der Waals surface area contributed by atoms with Crippen LogP contribution in [0.4, 0.5) is 4.39 Å². The Hall–Kier alpha value is -1.20. The van der Waals surface area contributed by atoms with Crippen molar-refractivity contribution in [2.45, 2.75) is 6.54 Å². The molecule has 1 amide bonds. The molecule has 0 fully saturated rings. The molecule has 0 unspecified atom stereocenters. The van der Waals surface area contributed by atoms with E-state index in [4.69, 9.17) is 0 Å². The maximum Gasteiger partial charge on any atom is 0.252 e. The van der Waals surface area contributed by atoms with E-state index < -0.39 is 5.82 Å². The lowest BCUT2D eigenvalue weighted by atomic mass is 10.2. The van der Waals surface area contributed by atoms with E-state index in [-0.39, 0.29) is 15.9 Å². The van der Waals surface area contributed by atoms with Crippen molar-refractivity contribution in [3.05, 3.63) is 68.4 Å². The van der Waals surface area contributed by atoms with Gasteiger partial charge in [0, 0.05) is 11.0 Å². The van der Waals surface area contributed by atoms with Crippen LogP contribution in [0.5, 0.6) is 0 Å². The van der Waals surface area contributed by atoms with Gasteiger partial charge in [0.05, 0.1) is 10.0 Å². The maximum absolute atomic E-state index is 13.3. The minimum absolute atomic E-state index is 0.180. The Morgan fingerprint density at radius 3 is 2.58 bits per heavy atom. The van der Waals surface area contributed by atoms with Gasteiger partial charge in [-0.1, -0.05) is 40.2 Å². The summed E-state index contributed by atoms with van der Waals surface area (Å²) in [5.74, 6) is -0.768. The van der Waals surface area contributed by atoms with E-state index >= 15 is 0 Å². The Morgan fingerprint density at radius 2 is 1.84 bits per heavy atom. The van der Waals surface area contributed by atoms with Crippen molar-refractivity contribution >= 4 is 37.8 Å². The van der Waals surface area contributed by atoms with Gasteiger partial charge in [-0.15, -0.1) is 0 Å². The standard InChI is InChI=1S/C14H10Br2FNO/c15-11-6-2-1-4-9(11)8-18-14(19)10-5-3-7-12(17)13(10)16/h1-7H,8H2,(H,18,19). The predicted octanol–water partition coefficient (Wildman–Crippen LogP) is 4.28. The molecule has 2 aromatic carbocycles. The number of carbonyl (C=O) groups is 1. The zero-order valence-corrected chi connectivity index (χ0v) is 13.0. The normalized spacial score (nSPS) is 10.3. The molecule has 2 aromatic rings. The van der Waals surface area contributed by atoms with Gasteiger partial charge in [-0.2, -0.15) is 0 Å². The Morgan fingerprint density at radius 1 is 1.11 bits per heavy atom. The number of hydrogen-bond donors (Lipinski definition) is 1. The molecule has 2 nitrogen and oxygen atoms in total. The highest BCUT2D eigenvalue weighted by Gasteiger charge is 2.12. The first kappa shape index (κ1) is 14.2. The smallest absolute Gasteiger partial charge is 0.252 e. The Bertz CT molecular complexity index is 616. The van der Waals surface area contributed by atoms with Gasteiger partial charge >= 0.3 is 0 Å². The van der Waals surface area contributed by atoms with Gasteiger partial charge in [0.1, 0.15) is 5.82 Å². The molecule has 5 heteroatoms. The number of hydrogen-bond acceptors (Lipinski definition) is 1. The molecule has 0 atom stereocenters. The van der Waals surface area contributed by atoms with Crippen LogP contribution in [0.25, 0.3) is 0 Å². The van der Waals surface area contributed by atoms with Gasteiger partial charge in [0.15, 0.2) is 0 Å². The zero-order chi connectivity index (χ0) is 13.8. The molecule has 2 rings (SSSR count). The molecule has 1 N–H and O–H groups in total. The highest BCUT2D eigenvalue weighted by atomic mass is 79.9. The van der Waals surface area contributed by atoms with E-state index in [1.165, 1.54) is 12.1 Å². The van der Waals surface area contributed by atoms with Crippen LogP contribution in [0.1, 0.15) is 15.9 Å². The van der Waals surface area contributed by atoms with Gasteiger partial charge in [-0.3, -0.25) is 4.79 Å². The predicted molar refractivity (Wildman–Crippen MR) is 79.4 cm³/mol. The monoisotopic (exact) mass is 385 g/mol. The van der Waals surface area contributed by atoms with Crippen LogP contribution in [0, 0.1) is 5.82 Å². The van der Waals surface area contributed by atoms with E-state index in [9.17, 15) is 9.18 Å². The Labute approximate surface area is 127 Å². The number of halogens is 3. The minimum Gasteiger partial charge on any atom is -0.348 e. The third kappa shape index (κ3) is 3.42. The van der Waals surface area contributed by atoms with E-state index in [0.29, 0.717) is 6.54 Å². The lowest BCUT2D eigenvalue weighted by molar-refractivity contribution is 0.0949. The fourth-order valence-corrected chi connectivity index (χ4v) is 2.46. The first-order valence-electron chi connectivity index (χ1n) is 5.55. The molecule has 0 aliphatic heterocycles. The number of carbonyl (C=O) groups excluding carboxylic acids is 1.